The topological polar surface area (TPSA) is 58.2 Å². The highest BCUT2D eigenvalue weighted by atomic mass is 35.5. The van der Waals surface area contributed by atoms with Crippen LogP contribution in [-0.2, 0) is 9.59 Å². The van der Waals surface area contributed by atoms with Crippen molar-refractivity contribution in [2.24, 2.45) is 0 Å². The molecule has 1 aliphatic heterocycles. The van der Waals surface area contributed by atoms with Crippen LogP contribution in [-0.4, -0.2) is 17.9 Å². The van der Waals surface area contributed by atoms with E-state index in [1.54, 1.807) is 12.1 Å². The first kappa shape index (κ1) is 16.5. The zero-order valence-electron chi connectivity index (χ0n) is 13.2. The van der Waals surface area contributed by atoms with Gasteiger partial charge in [0.05, 0.1) is 6.04 Å². The van der Waals surface area contributed by atoms with Gasteiger partial charge in [-0.15, -0.1) is 0 Å². The second-order valence-corrected chi connectivity index (χ2v) is 6.35. The summed E-state index contributed by atoms with van der Waals surface area (Å²) in [6, 6.07) is 16.4. The molecule has 3 rings (SSSR count). The Kier molecular flexibility index (Phi) is 5.16. The van der Waals surface area contributed by atoms with Crippen LogP contribution in [0, 0.1) is 0 Å². The lowest BCUT2D eigenvalue weighted by molar-refractivity contribution is -0.131. The normalized spacial score (nSPS) is 18.5. The van der Waals surface area contributed by atoms with E-state index >= 15 is 0 Å². The van der Waals surface area contributed by atoms with Gasteiger partial charge in [0, 0.05) is 11.4 Å². The van der Waals surface area contributed by atoms with E-state index < -0.39 is 6.04 Å². The van der Waals surface area contributed by atoms with Crippen molar-refractivity contribution in [3.8, 4) is 0 Å². The highest BCUT2D eigenvalue weighted by Gasteiger charge is 2.27. The molecule has 0 bridgehead atoms. The molecule has 0 aromatic heterocycles. The van der Waals surface area contributed by atoms with Crippen molar-refractivity contribution in [3.05, 3.63) is 70.7 Å². The molecule has 1 heterocycles. The molecule has 0 saturated carbocycles. The Morgan fingerprint density at radius 3 is 2.42 bits per heavy atom. The molecule has 5 heteroatoms. The number of halogens is 1. The molecular formula is C19H19ClN2O2. The van der Waals surface area contributed by atoms with Gasteiger partial charge < -0.3 is 10.6 Å². The van der Waals surface area contributed by atoms with Gasteiger partial charge in [0.25, 0.3) is 0 Å². The maximum absolute atomic E-state index is 12.6. The van der Waals surface area contributed by atoms with Gasteiger partial charge in [-0.25, -0.2) is 0 Å². The lowest BCUT2D eigenvalue weighted by Crippen LogP contribution is -2.49. The third-order valence-corrected chi connectivity index (χ3v) is 4.42. The van der Waals surface area contributed by atoms with Crippen molar-refractivity contribution in [1.29, 1.82) is 0 Å². The zero-order chi connectivity index (χ0) is 16.9. The molecule has 0 spiro atoms. The number of benzene rings is 2. The summed E-state index contributed by atoms with van der Waals surface area (Å²) in [5.41, 5.74) is 1.93. The maximum Gasteiger partial charge on any atom is 0.243 e. The van der Waals surface area contributed by atoms with Crippen molar-refractivity contribution in [2.45, 2.75) is 31.3 Å². The first-order valence-electron chi connectivity index (χ1n) is 8.03. The highest BCUT2D eigenvalue weighted by Crippen LogP contribution is 2.24. The van der Waals surface area contributed by atoms with E-state index in [0.29, 0.717) is 17.9 Å². The van der Waals surface area contributed by atoms with Crippen LogP contribution in [0.1, 0.15) is 36.4 Å². The van der Waals surface area contributed by atoms with Crippen molar-refractivity contribution >= 4 is 23.4 Å². The minimum absolute atomic E-state index is 0.0656. The first-order valence-corrected chi connectivity index (χ1v) is 8.41. The molecule has 2 atom stereocenters. The molecule has 2 aromatic rings. The molecule has 1 saturated heterocycles. The summed E-state index contributed by atoms with van der Waals surface area (Å²) in [4.78, 5) is 24.2. The smallest absolute Gasteiger partial charge is 0.243 e. The van der Waals surface area contributed by atoms with Crippen LogP contribution in [0.15, 0.2) is 54.6 Å². The Bertz CT molecular complexity index is 716. The van der Waals surface area contributed by atoms with Gasteiger partial charge in [0.1, 0.15) is 6.04 Å². The lowest BCUT2D eigenvalue weighted by atomic mass is 9.97. The Hall–Kier alpha value is -2.33. The number of carbonyl (C=O) groups excluding carboxylic acids is 2. The van der Waals surface area contributed by atoms with Crippen LogP contribution in [0.25, 0.3) is 0 Å². The van der Waals surface area contributed by atoms with E-state index in [9.17, 15) is 9.59 Å². The van der Waals surface area contributed by atoms with Crippen molar-refractivity contribution in [1.82, 2.24) is 10.6 Å². The standard InChI is InChI=1S/C19H19ClN2O2/c20-15-11-9-14(10-12-15)18(13-5-2-1-3-6-13)22-19(24)16-7-4-8-17(23)21-16/h1-3,5-6,9-12,16,18H,4,7-8H2,(H,21,23)(H,22,24)/t16-,18+/m1/s1. The molecule has 2 amide bonds. The fourth-order valence-corrected chi connectivity index (χ4v) is 3.03. The van der Waals surface area contributed by atoms with E-state index in [4.69, 9.17) is 11.6 Å². The van der Waals surface area contributed by atoms with Crippen LogP contribution >= 0.6 is 11.6 Å². The average molecular weight is 343 g/mol. The number of hydrogen-bond donors (Lipinski definition) is 2. The average Bonchev–Trinajstić information content (AvgIpc) is 2.61. The van der Waals surface area contributed by atoms with Gasteiger partial charge in [0.15, 0.2) is 0 Å². The second kappa shape index (κ2) is 7.49. The summed E-state index contributed by atoms with van der Waals surface area (Å²) >= 11 is 5.97. The Morgan fingerprint density at radius 1 is 1.08 bits per heavy atom. The largest absolute Gasteiger partial charge is 0.344 e. The van der Waals surface area contributed by atoms with Crippen LogP contribution in [0.4, 0.5) is 0 Å². The van der Waals surface area contributed by atoms with Gasteiger partial charge in [-0.3, -0.25) is 9.59 Å². The molecule has 124 valence electrons. The molecule has 0 radical (unpaired) electrons. The van der Waals surface area contributed by atoms with Crippen LogP contribution in [0.2, 0.25) is 5.02 Å². The Morgan fingerprint density at radius 2 is 1.75 bits per heavy atom. The van der Waals surface area contributed by atoms with E-state index in [0.717, 1.165) is 17.5 Å². The van der Waals surface area contributed by atoms with Gasteiger partial charge in [-0.05, 0) is 36.1 Å². The zero-order valence-corrected chi connectivity index (χ0v) is 13.9. The fraction of sp³-hybridized carbons (Fsp3) is 0.263. The number of piperidine rings is 1. The molecule has 0 unspecified atom stereocenters. The summed E-state index contributed by atoms with van der Waals surface area (Å²) in [6.07, 6.45) is 1.89. The predicted octanol–water partition coefficient (Wildman–Crippen LogP) is 3.21. The van der Waals surface area contributed by atoms with Gasteiger partial charge >= 0.3 is 0 Å². The van der Waals surface area contributed by atoms with Crippen LogP contribution in [0.3, 0.4) is 0 Å². The third-order valence-electron chi connectivity index (χ3n) is 4.17. The van der Waals surface area contributed by atoms with Gasteiger partial charge in [-0.2, -0.15) is 0 Å². The molecule has 2 aromatic carbocycles. The summed E-state index contributed by atoms with van der Waals surface area (Å²) in [5.74, 6) is -0.226. The van der Waals surface area contributed by atoms with Crippen LogP contribution in [0.5, 0.6) is 0 Å². The molecule has 1 fully saturated rings. The van der Waals surface area contributed by atoms with Crippen molar-refractivity contribution in [2.75, 3.05) is 0 Å². The minimum atomic E-state index is -0.468. The highest BCUT2D eigenvalue weighted by molar-refractivity contribution is 6.30. The summed E-state index contributed by atoms with van der Waals surface area (Å²) in [7, 11) is 0. The minimum Gasteiger partial charge on any atom is -0.344 e. The molecule has 24 heavy (non-hydrogen) atoms. The SMILES string of the molecule is O=C1CCC[C@H](C(=O)N[C@@H](c2ccccc2)c2ccc(Cl)cc2)N1. The van der Waals surface area contributed by atoms with Crippen molar-refractivity contribution in [3.63, 3.8) is 0 Å². The van der Waals surface area contributed by atoms with E-state index in [2.05, 4.69) is 10.6 Å². The van der Waals surface area contributed by atoms with Gasteiger partial charge in [0.2, 0.25) is 11.8 Å². The first-order chi connectivity index (χ1) is 11.6. The summed E-state index contributed by atoms with van der Waals surface area (Å²) in [6.45, 7) is 0. The molecule has 0 aliphatic carbocycles. The number of carbonyl (C=O) groups is 2. The van der Waals surface area contributed by atoms with Crippen molar-refractivity contribution < 1.29 is 9.59 Å². The van der Waals surface area contributed by atoms with E-state index in [1.807, 2.05) is 42.5 Å². The lowest BCUT2D eigenvalue weighted by Gasteiger charge is -2.26. The Balaban J connectivity index is 1.83. The second-order valence-electron chi connectivity index (χ2n) is 5.92. The fourth-order valence-electron chi connectivity index (χ4n) is 2.90. The predicted molar refractivity (Wildman–Crippen MR) is 93.7 cm³/mol. The summed E-state index contributed by atoms with van der Waals surface area (Å²) in [5, 5.41) is 6.47. The maximum atomic E-state index is 12.6. The van der Waals surface area contributed by atoms with Gasteiger partial charge in [-0.1, -0.05) is 54.1 Å². The monoisotopic (exact) mass is 342 g/mol. The number of hydrogen-bond acceptors (Lipinski definition) is 2. The molecule has 4 nitrogen and oxygen atoms in total. The molecular weight excluding hydrogens is 324 g/mol. The van der Waals surface area contributed by atoms with Crippen LogP contribution < -0.4 is 10.6 Å². The number of amides is 2. The third kappa shape index (κ3) is 3.95. The van der Waals surface area contributed by atoms with E-state index in [1.165, 1.54) is 0 Å². The quantitative estimate of drug-likeness (QED) is 0.896. The van der Waals surface area contributed by atoms with E-state index in [-0.39, 0.29) is 17.9 Å². The number of rotatable bonds is 4. The number of nitrogens with one attached hydrogen (secondary N) is 2. The Labute approximate surface area is 146 Å². The molecule has 2 N–H and O–H groups in total. The molecule has 1 aliphatic rings. The summed E-state index contributed by atoms with van der Waals surface area (Å²) < 4.78 is 0.